The lowest BCUT2D eigenvalue weighted by Crippen LogP contribution is -2.25. The maximum atomic E-state index is 12.4. The van der Waals surface area contributed by atoms with Crippen molar-refractivity contribution in [1.29, 1.82) is 0 Å². The molecule has 0 aromatic carbocycles. The average molecular weight is 368 g/mol. The monoisotopic (exact) mass is 368 g/mol. The SMILES string of the molecule is CCCCCCCCC#C/C=C(/CCCC)OS(=O)(=O)C(F)(F)F. The summed E-state index contributed by atoms with van der Waals surface area (Å²) in [4.78, 5) is 0. The number of allylic oxidation sites excluding steroid dienone is 2. The van der Waals surface area contributed by atoms with Crippen LogP contribution in [0.15, 0.2) is 11.8 Å². The van der Waals surface area contributed by atoms with Gasteiger partial charge in [0.1, 0.15) is 5.76 Å². The first-order chi connectivity index (χ1) is 11.2. The molecular weight excluding hydrogens is 341 g/mol. The summed E-state index contributed by atoms with van der Waals surface area (Å²) in [5.74, 6) is 5.17. The van der Waals surface area contributed by atoms with E-state index in [0.29, 0.717) is 19.3 Å². The van der Waals surface area contributed by atoms with Gasteiger partial charge in [0.05, 0.1) is 0 Å². The van der Waals surface area contributed by atoms with Crippen LogP contribution in [-0.2, 0) is 14.3 Å². The Morgan fingerprint density at radius 1 is 1.00 bits per heavy atom. The van der Waals surface area contributed by atoms with Gasteiger partial charge in [-0.3, -0.25) is 0 Å². The molecule has 0 aliphatic carbocycles. The molecule has 0 N–H and O–H groups in total. The van der Waals surface area contributed by atoms with Crippen LogP contribution in [0.1, 0.15) is 78.1 Å². The van der Waals surface area contributed by atoms with E-state index < -0.39 is 15.6 Å². The Balaban J connectivity index is 4.51. The molecule has 0 spiro atoms. The summed E-state index contributed by atoms with van der Waals surface area (Å²) in [5.41, 5.74) is -5.43. The topological polar surface area (TPSA) is 43.4 Å². The smallest absolute Gasteiger partial charge is 0.380 e. The third-order valence-corrected chi connectivity index (χ3v) is 4.27. The van der Waals surface area contributed by atoms with Crippen LogP contribution < -0.4 is 0 Å². The van der Waals surface area contributed by atoms with Gasteiger partial charge in [-0.25, -0.2) is 0 Å². The van der Waals surface area contributed by atoms with Crippen molar-refractivity contribution in [3.63, 3.8) is 0 Å². The molecule has 0 saturated carbocycles. The Morgan fingerprint density at radius 3 is 2.17 bits per heavy atom. The van der Waals surface area contributed by atoms with E-state index in [4.69, 9.17) is 0 Å². The summed E-state index contributed by atoms with van der Waals surface area (Å²) in [6.45, 7) is 4.00. The minimum atomic E-state index is -5.62. The minimum absolute atomic E-state index is 0.109. The number of hydrogen-bond acceptors (Lipinski definition) is 3. The molecular formula is C17H27F3O3S. The molecule has 0 atom stereocenters. The van der Waals surface area contributed by atoms with Crippen LogP contribution in [0.25, 0.3) is 0 Å². The second-order valence-electron chi connectivity index (χ2n) is 5.54. The summed E-state index contributed by atoms with van der Waals surface area (Å²) in [5, 5.41) is 0. The average Bonchev–Trinajstić information content (AvgIpc) is 2.49. The lowest BCUT2D eigenvalue weighted by Gasteiger charge is -2.11. The van der Waals surface area contributed by atoms with Crippen LogP contribution in [0.2, 0.25) is 0 Å². The fourth-order valence-electron chi connectivity index (χ4n) is 1.87. The maximum Gasteiger partial charge on any atom is 0.534 e. The van der Waals surface area contributed by atoms with Gasteiger partial charge in [0.15, 0.2) is 0 Å². The van der Waals surface area contributed by atoms with Crippen LogP contribution in [0.4, 0.5) is 13.2 Å². The molecule has 3 nitrogen and oxygen atoms in total. The zero-order valence-corrected chi connectivity index (χ0v) is 15.2. The Bertz CT molecular complexity index is 526. The standard InChI is InChI=1S/C17H27F3O3S/c1-3-5-7-8-9-10-11-12-13-15-16(14-6-4-2)23-24(21,22)17(18,19)20/h15H,3-11,14H2,1-2H3/b16-15-. The largest absolute Gasteiger partial charge is 0.534 e. The van der Waals surface area contributed by atoms with E-state index in [1.807, 2.05) is 6.92 Å². The second-order valence-corrected chi connectivity index (χ2v) is 7.07. The Labute approximate surface area is 143 Å². The molecule has 0 heterocycles. The molecule has 0 radical (unpaired) electrons. The lowest BCUT2D eigenvalue weighted by molar-refractivity contribution is -0.0523. The van der Waals surface area contributed by atoms with Gasteiger partial charge in [-0.15, -0.1) is 0 Å². The van der Waals surface area contributed by atoms with Gasteiger partial charge in [0.25, 0.3) is 0 Å². The van der Waals surface area contributed by atoms with Crippen molar-refractivity contribution in [1.82, 2.24) is 0 Å². The first kappa shape index (κ1) is 22.8. The summed E-state index contributed by atoms with van der Waals surface area (Å²) in [7, 11) is -5.62. The normalized spacial score (nSPS) is 12.6. The molecule has 0 rings (SSSR count). The molecule has 0 aliphatic rings. The Kier molecular flexibility index (Phi) is 11.6. The fraction of sp³-hybridized carbons (Fsp3) is 0.765. The van der Waals surface area contributed by atoms with E-state index in [1.54, 1.807) is 0 Å². The van der Waals surface area contributed by atoms with Gasteiger partial charge < -0.3 is 4.18 Å². The molecule has 24 heavy (non-hydrogen) atoms. The summed E-state index contributed by atoms with van der Waals surface area (Å²) < 4.78 is 63.3. The van der Waals surface area contributed by atoms with Crippen molar-refractivity contribution in [2.24, 2.45) is 0 Å². The van der Waals surface area contributed by atoms with Gasteiger partial charge in [-0.2, -0.15) is 21.6 Å². The highest BCUT2D eigenvalue weighted by Gasteiger charge is 2.48. The van der Waals surface area contributed by atoms with E-state index in [-0.39, 0.29) is 12.2 Å². The highest BCUT2D eigenvalue weighted by molar-refractivity contribution is 7.87. The van der Waals surface area contributed by atoms with E-state index in [2.05, 4.69) is 22.9 Å². The van der Waals surface area contributed by atoms with Gasteiger partial charge in [0, 0.05) is 18.9 Å². The maximum absolute atomic E-state index is 12.4. The number of hydrogen-bond donors (Lipinski definition) is 0. The number of unbranched alkanes of at least 4 members (excludes halogenated alkanes) is 7. The Morgan fingerprint density at radius 2 is 1.58 bits per heavy atom. The molecule has 0 aliphatic heterocycles. The van der Waals surface area contributed by atoms with Crippen molar-refractivity contribution in [2.75, 3.05) is 0 Å². The molecule has 140 valence electrons. The van der Waals surface area contributed by atoms with Gasteiger partial charge in [-0.05, 0) is 12.8 Å². The first-order valence-corrected chi connectivity index (χ1v) is 9.83. The van der Waals surface area contributed by atoms with Crippen LogP contribution in [-0.4, -0.2) is 13.9 Å². The highest BCUT2D eigenvalue weighted by atomic mass is 32.2. The summed E-state index contributed by atoms with van der Waals surface area (Å²) in [6, 6.07) is 0. The third kappa shape index (κ3) is 10.6. The van der Waals surface area contributed by atoms with E-state index >= 15 is 0 Å². The zero-order valence-electron chi connectivity index (χ0n) is 14.4. The van der Waals surface area contributed by atoms with Gasteiger partial charge in [0.2, 0.25) is 0 Å². The quantitative estimate of drug-likeness (QED) is 0.155. The minimum Gasteiger partial charge on any atom is -0.380 e. The molecule has 0 aromatic heterocycles. The fourth-order valence-corrected chi connectivity index (χ4v) is 2.38. The van der Waals surface area contributed by atoms with Gasteiger partial charge in [-0.1, -0.05) is 64.2 Å². The Hall–Kier alpha value is -1.16. The van der Waals surface area contributed by atoms with Crippen molar-refractivity contribution in [3.05, 3.63) is 11.8 Å². The highest BCUT2D eigenvalue weighted by Crippen LogP contribution is 2.27. The number of halogens is 3. The lowest BCUT2D eigenvalue weighted by atomic mass is 10.1. The predicted octanol–water partition coefficient (Wildman–Crippen LogP) is 5.68. The van der Waals surface area contributed by atoms with Crippen molar-refractivity contribution < 1.29 is 25.8 Å². The molecule has 0 saturated heterocycles. The van der Waals surface area contributed by atoms with E-state index in [0.717, 1.165) is 25.3 Å². The van der Waals surface area contributed by atoms with Crippen LogP contribution in [0.5, 0.6) is 0 Å². The van der Waals surface area contributed by atoms with Crippen LogP contribution in [0.3, 0.4) is 0 Å². The summed E-state index contributed by atoms with van der Waals surface area (Å²) >= 11 is 0. The van der Waals surface area contributed by atoms with Crippen LogP contribution >= 0.6 is 0 Å². The molecule has 0 bridgehead atoms. The van der Waals surface area contributed by atoms with E-state index in [1.165, 1.54) is 19.3 Å². The zero-order chi connectivity index (χ0) is 18.5. The molecule has 7 heteroatoms. The summed E-state index contributed by atoms with van der Waals surface area (Å²) in [6.07, 6.45) is 9.87. The predicted molar refractivity (Wildman–Crippen MR) is 89.4 cm³/mol. The van der Waals surface area contributed by atoms with Crippen molar-refractivity contribution in [2.45, 2.75) is 83.6 Å². The van der Waals surface area contributed by atoms with Gasteiger partial charge >= 0.3 is 15.6 Å². The molecule has 0 fully saturated rings. The molecule has 0 aromatic rings. The van der Waals surface area contributed by atoms with E-state index in [9.17, 15) is 21.6 Å². The van der Waals surface area contributed by atoms with Crippen molar-refractivity contribution in [3.8, 4) is 11.8 Å². The molecule has 0 unspecified atom stereocenters. The second kappa shape index (κ2) is 12.2. The molecule has 0 amide bonds. The van der Waals surface area contributed by atoms with Crippen molar-refractivity contribution >= 4 is 10.1 Å². The first-order valence-electron chi connectivity index (χ1n) is 8.42. The third-order valence-electron chi connectivity index (χ3n) is 3.27. The number of rotatable bonds is 11. The number of alkyl halides is 3. The van der Waals surface area contributed by atoms with Crippen LogP contribution in [0, 0.1) is 11.8 Å².